The number of carbonyl (C=O) groups excluding carboxylic acids is 2. The molecule has 0 saturated carbocycles. The lowest BCUT2D eigenvalue weighted by molar-refractivity contribution is -0.144. The largest absolute Gasteiger partial charge is 0.480 e. The SMILES string of the molecule is CN1CCN(C(CCNC(=O)N(C)C[C@H](O)[C@@H](O)[C@H](O)[C@H](O)CO)C(=O)O)Cc2cccc(n2)CN(C(CCNC(=O)N(C)C[C@H](O)[C@@H](O)[C@H](O)[C@H](O)CO)C(=O)O)CC1. The zero-order valence-corrected chi connectivity index (χ0v) is 34.1. The molecule has 1 aliphatic heterocycles. The van der Waals surface area contributed by atoms with E-state index in [-0.39, 0.29) is 52.1 Å². The van der Waals surface area contributed by atoms with E-state index in [1.54, 1.807) is 35.0 Å². The van der Waals surface area contributed by atoms with E-state index in [9.17, 15) is 70.2 Å². The summed E-state index contributed by atoms with van der Waals surface area (Å²) in [7, 11) is 4.39. The molecule has 1 aromatic rings. The van der Waals surface area contributed by atoms with E-state index < -0.39 is 111 Å². The van der Waals surface area contributed by atoms with Gasteiger partial charge in [0, 0.05) is 66.5 Å². The molecule has 4 amide bonds. The molecule has 60 heavy (non-hydrogen) atoms. The smallest absolute Gasteiger partial charge is 0.320 e. The first kappa shape index (κ1) is 52.2. The monoisotopic (exact) mass is 864 g/mol. The Morgan fingerprint density at radius 1 is 0.633 bits per heavy atom. The maximum Gasteiger partial charge on any atom is 0.320 e. The van der Waals surface area contributed by atoms with Gasteiger partial charge in [-0.15, -0.1) is 0 Å². The fraction of sp³-hybridized carbons (Fsp3) is 0.750. The molecule has 14 N–H and O–H groups in total. The third-order valence-electron chi connectivity index (χ3n) is 10.2. The van der Waals surface area contributed by atoms with Crippen LogP contribution in [0.25, 0.3) is 0 Å². The molecule has 0 spiro atoms. The first-order valence-electron chi connectivity index (χ1n) is 19.4. The summed E-state index contributed by atoms with van der Waals surface area (Å²) < 4.78 is 0. The standard InChI is InChI=1S/C36H64N8O16/c1-40-11-13-43(23(33(55)56)7-9-37-35(59)41(2)17-25(47)29(51)31(53)27(49)19-45)15-21-5-4-6-22(39-21)16-44(14-12-40)24(34(57)58)8-10-38-36(60)42(3)18-26(48)30(52)32(54)28(50)20-46/h4-6,23-32,45-54H,7-20H2,1-3H3,(H,37,59)(H,38,60)(H,55,56)(H,57,58)/t23?,24?,25-,26-,27+,28+,29+,30+,31+,32+/m0/s1. The number of carboxylic acids is 2. The molecule has 0 aromatic carbocycles. The van der Waals surface area contributed by atoms with E-state index in [0.717, 1.165) is 9.80 Å². The lowest BCUT2D eigenvalue weighted by Crippen LogP contribution is -2.52. The predicted octanol–water partition coefficient (Wildman–Crippen LogP) is -6.53. The number of aliphatic carboxylic acids is 2. The van der Waals surface area contributed by atoms with Gasteiger partial charge in [0.15, 0.2) is 0 Å². The molecule has 2 bridgehead atoms. The number of aliphatic hydroxyl groups excluding tert-OH is 10. The number of aromatic nitrogens is 1. The Balaban J connectivity index is 2.09. The van der Waals surface area contributed by atoms with Crippen LogP contribution in [0.2, 0.25) is 0 Å². The maximum atomic E-state index is 12.7. The third-order valence-corrected chi connectivity index (χ3v) is 10.2. The number of carboxylic acid groups (broad SMARTS) is 2. The zero-order chi connectivity index (χ0) is 45.3. The van der Waals surface area contributed by atoms with Crippen LogP contribution in [0.4, 0.5) is 9.59 Å². The number of fused-ring (bicyclic) bond motifs is 2. The maximum absolute atomic E-state index is 12.7. The van der Waals surface area contributed by atoms with Crippen molar-refractivity contribution >= 4 is 24.0 Å². The van der Waals surface area contributed by atoms with Crippen molar-refractivity contribution in [1.82, 2.24) is 40.1 Å². The summed E-state index contributed by atoms with van der Waals surface area (Å²) in [6.45, 7) is -1.46. The number of nitrogens with zero attached hydrogens (tertiary/aromatic N) is 6. The highest BCUT2D eigenvalue weighted by Gasteiger charge is 2.34. The normalized spacial score (nSPS) is 19.8. The van der Waals surface area contributed by atoms with Gasteiger partial charge in [-0.1, -0.05) is 6.07 Å². The second-order valence-electron chi connectivity index (χ2n) is 15.0. The van der Waals surface area contributed by atoms with Crippen molar-refractivity contribution in [3.05, 3.63) is 29.6 Å². The summed E-state index contributed by atoms with van der Waals surface area (Å²) in [5.41, 5.74) is 0.999. The molecule has 10 atom stereocenters. The zero-order valence-electron chi connectivity index (χ0n) is 34.1. The molecular formula is C36H64N8O16. The molecule has 1 aromatic heterocycles. The molecule has 24 heteroatoms. The number of pyridine rings is 1. The number of likely N-dealkylation sites (N-methyl/N-ethyl adjacent to an activating group) is 3. The van der Waals surface area contributed by atoms with Crippen LogP contribution in [0.1, 0.15) is 24.2 Å². The van der Waals surface area contributed by atoms with Gasteiger partial charge in [-0.2, -0.15) is 0 Å². The third kappa shape index (κ3) is 16.5. The topological polar surface area (TPSA) is 364 Å². The number of aliphatic hydroxyl groups is 10. The highest BCUT2D eigenvalue weighted by molar-refractivity contribution is 5.76. The molecular weight excluding hydrogens is 800 g/mol. The molecule has 0 aliphatic carbocycles. The summed E-state index contributed by atoms with van der Waals surface area (Å²) in [5, 5.41) is 123. The predicted molar refractivity (Wildman–Crippen MR) is 209 cm³/mol. The number of nitrogens with one attached hydrogen (secondary N) is 2. The van der Waals surface area contributed by atoms with E-state index >= 15 is 0 Å². The Labute approximate surface area is 347 Å². The van der Waals surface area contributed by atoms with Crippen LogP contribution in [0.5, 0.6) is 0 Å². The summed E-state index contributed by atoms with van der Waals surface area (Å²) in [4.78, 5) is 62.6. The van der Waals surface area contributed by atoms with E-state index in [0.29, 0.717) is 24.5 Å². The molecule has 1 aliphatic rings. The van der Waals surface area contributed by atoms with Crippen LogP contribution in [-0.4, -0.2) is 262 Å². The number of carbonyl (C=O) groups is 4. The van der Waals surface area contributed by atoms with Gasteiger partial charge in [0.05, 0.1) is 37.7 Å². The lowest BCUT2D eigenvalue weighted by atomic mass is 10.0. The number of hydrogen-bond acceptors (Lipinski definition) is 18. The van der Waals surface area contributed by atoms with E-state index in [2.05, 4.69) is 10.6 Å². The van der Waals surface area contributed by atoms with Crippen molar-refractivity contribution in [2.45, 2.75) is 86.8 Å². The van der Waals surface area contributed by atoms with Crippen LogP contribution >= 0.6 is 0 Å². The summed E-state index contributed by atoms with van der Waals surface area (Å²) in [5.74, 6) is -2.31. The van der Waals surface area contributed by atoms with Gasteiger partial charge in [0.2, 0.25) is 0 Å². The van der Waals surface area contributed by atoms with Crippen molar-refractivity contribution in [2.24, 2.45) is 0 Å². The van der Waals surface area contributed by atoms with Gasteiger partial charge in [-0.3, -0.25) is 24.4 Å². The Kier molecular flexibility index (Phi) is 22.5. The minimum absolute atomic E-state index is 0.0360. The number of amides is 4. The van der Waals surface area contributed by atoms with Gasteiger partial charge >= 0.3 is 24.0 Å². The van der Waals surface area contributed by atoms with Crippen molar-refractivity contribution in [3.8, 4) is 0 Å². The summed E-state index contributed by atoms with van der Waals surface area (Å²) in [6, 6.07) is 1.53. The highest BCUT2D eigenvalue weighted by atomic mass is 16.4. The lowest BCUT2D eigenvalue weighted by Gasteiger charge is -2.34. The first-order valence-corrected chi connectivity index (χ1v) is 19.4. The number of urea groups is 2. The number of rotatable bonds is 22. The minimum Gasteiger partial charge on any atom is -0.480 e. The summed E-state index contributed by atoms with van der Waals surface area (Å²) >= 11 is 0. The Hall–Kier alpha value is -3.89. The average Bonchev–Trinajstić information content (AvgIpc) is 3.21. The van der Waals surface area contributed by atoms with Gasteiger partial charge in [0.25, 0.3) is 0 Å². The number of hydrogen-bond donors (Lipinski definition) is 14. The van der Waals surface area contributed by atoms with Crippen molar-refractivity contribution < 1.29 is 80.5 Å². The van der Waals surface area contributed by atoms with Crippen LogP contribution in [0.15, 0.2) is 18.2 Å². The van der Waals surface area contributed by atoms with Crippen LogP contribution in [0.3, 0.4) is 0 Å². The molecule has 0 fully saturated rings. The fourth-order valence-electron chi connectivity index (χ4n) is 6.42. The molecule has 24 nitrogen and oxygen atoms in total. The average molecular weight is 865 g/mol. The quantitative estimate of drug-likeness (QED) is 0.0515. The fourth-order valence-corrected chi connectivity index (χ4v) is 6.42. The molecule has 2 rings (SSSR count). The van der Waals surface area contributed by atoms with E-state index in [1.165, 1.54) is 14.1 Å². The van der Waals surface area contributed by atoms with Crippen molar-refractivity contribution in [1.29, 1.82) is 0 Å². The molecule has 0 radical (unpaired) electrons. The van der Waals surface area contributed by atoms with Gasteiger partial charge < -0.3 is 86.6 Å². The molecule has 0 saturated heterocycles. The molecule has 2 heterocycles. The molecule has 344 valence electrons. The van der Waals surface area contributed by atoms with Crippen LogP contribution in [-0.2, 0) is 22.7 Å². The Morgan fingerprint density at radius 3 is 1.32 bits per heavy atom. The second-order valence-corrected chi connectivity index (χ2v) is 15.0. The van der Waals surface area contributed by atoms with Gasteiger partial charge in [-0.05, 0) is 32.0 Å². The van der Waals surface area contributed by atoms with Crippen molar-refractivity contribution in [3.63, 3.8) is 0 Å². The minimum atomic E-state index is -1.87. The first-order chi connectivity index (χ1) is 28.2. The van der Waals surface area contributed by atoms with E-state index in [1.807, 2.05) is 4.90 Å². The Bertz CT molecular complexity index is 1390. The molecule has 2 unspecified atom stereocenters. The highest BCUT2D eigenvalue weighted by Crippen LogP contribution is 2.16. The summed E-state index contributed by atoms with van der Waals surface area (Å²) in [6.07, 6.45) is -14.3. The second kappa shape index (κ2) is 25.8. The van der Waals surface area contributed by atoms with Crippen LogP contribution in [0, 0.1) is 0 Å². The van der Waals surface area contributed by atoms with Crippen LogP contribution < -0.4 is 10.6 Å². The van der Waals surface area contributed by atoms with Gasteiger partial charge in [0.1, 0.15) is 60.9 Å². The van der Waals surface area contributed by atoms with Gasteiger partial charge in [-0.25, -0.2) is 9.59 Å². The van der Waals surface area contributed by atoms with E-state index in [4.69, 9.17) is 15.2 Å². The Morgan fingerprint density at radius 2 is 0.983 bits per heavy atom. The van der Waals surface area contributed by atoms with Crippen molar-refractivity contribution in [2.75, 3.05) is 86.7 Å².